The van der Waals surface area contributed by atoms with Crippen LogP contribution in [0.4, 0.5) is 0 Å². The Kier molecular flexibility index (Phi) is 6.18. The van der Waals surface area contributed by atoms with Crippen molar-refractivity contribution in [3.63, 3.8) is 0 Å². The van der Waals surface area contributed by atoms with E-state index in [2.05, 4.69) is 14.7 Å². The van der Waals surface area contributed by atoms with Gasteiger partial charge in [-0.1, -0.05) is 23.7 Å². The van der Waals surface area contributed by atoms with E-state index in [-0.39, 0.29) is 6.61 Å². The van der Waals surface area contributed by atoms with Crippen molar-refractivity contribution in [3.8, 4) is 17.1 Å². The number of imidazole rings is 1. The summed E-state index contributed by atoms with van der Waals surface area (Å²) in [4.78, 5) is 24.8. The maximum absolute atomic E-state index is 11.5. The summed E-state index contributed by atoms with van der Waals surface area (Å²) >= 11 is 6.38. The van der Waals surface area contributed by atoms with E-state index in [1.807, 2.05) is 49.0 Å². The number of para-hydroxylation sites is 1. The second kappa shape index (κ2) is 9.20. The Morgan fingerprint density at radius 3 is 2.88 bits per heavy atom. The van der Waals surface area contributed by atoms with E-state index in [9.17, 15) is 4.79 Å². The molecule has 0 atom stereocenters. The number of methoxy groups -OCH3 is 1. The van der Waals surface area contributed by atoms with Gasteiger partial charge >= 0.3 is 5.97 Å². The van der Waals surface area contributed by atoms with Gasteiger partial charge in [-0.25, -0.2) is 14.8 Å². The Morgan fingerprint density at radius 2 is 2.12 bits per heavy atom. The second-order valence-corrected chi connectivity index (χ2v) is 7.57. The minimum atomic E-state index is -0.465. The maximum Gasteiger partial charge on any atom is 0.330 e. The number of hydrogen-bond donors (Lipinski definition) is 0. The summed E-state index contributed by atoms with van der Waals surface area (Å²) < 4.78 is 12.8. The number of aromatic nitrogens is 4. The van der Waals surface area contributed by atoms with E-state index in [0.29, 0.717) is 21.9 Å². The van der Waals surface area contributed by atoms with Crippen LogP contribution < -0.4 is 4.74 Å². The molecule has 0 aliphatic heterocycles. The molecule has 8 heteroatoms. The summed E-state index contributed by atoms with van der Waals surface area (Å²) in [5.41, 5.74) is 3.95. The molecule has 0 unspecified atom stereocenters. The highest BCUT2D eigenvalue weighted by molar-refractivity contribution is 6.31. The maximum atomic E-state index is 11.5. The molecule has 0 saturated heterocycles. The number of aryl methyl sites for hydroxylation is 2. The van der Waals surface area contributed by atoms with Gasteiger partial charge in [0.2, 0.25) is 0 Å². The van der Waals surface area contributed by atoms with Gasteiger partial charge in [-0.3, -0.25) is 4.98 Å². The minimum absolute atomic E-state index is 0.175. The SMILES string of the molecule is COC(=O)C=Cc1cncc(Cl)c1COc1cccc2c(-c3nccn3C)cc(C)nc12. The number of nitrogens with zero attached hydrogens (tertiary/aromatic N) is 4. The molecule has 32 heavy (non-hydrogen) atoms. The molecule has 0 amide bonds. The quantitative estimate of drug-likeness (QED) is 0.312. The number of carbonyl (C=O) groups excluding carboxylic acids is 1. The van der Waals surface area contributed by atoms with Crippen LogP contribution in [0.1, 0.15) is 16.8 Å². The molecule has 3 heterocycles. The number of halogens is 1. The Hall–Kier alpha value is -3.71. The van der Waals surface area contributed by atoms with Crippen LogP contribution in [-0.2, 0) is 23.2 Å². The Balaban J connectivity index is 1.72. The molecule has 4 aromatic rings. The molecule has 0 aliphatic carbocycles. The standard InChI is InChI=1S/C24H21ClN4O3/c1-15-11-18(24-27-9-10-29(24)2)17-5-4-6-21(23(17)28-15)32-14-19-16(7-8-22(30)31-3)12-26-13-20(19)25/h4-13H,14H2,1-3H3. The molecule has 0 N–H and O–H groups in total. The Labute approximate surface area is 190 Å². The lowest BCUT2D eigenvalue weighted by Gasteiger charge is -2.14. The zero-order chi connectivity index (χ0) is 22.7. The number of esters is 1. The summed E-state index contributed by atoms with van der Waals surface area (Å²) in [5.74, 6) is 1.01. The van der Waals surface area contributed by atoms with Gasteiger partial charge in [0.1, 0.15) is 23.7 Å². The van der Waals surface area contributed by atoms with E-state index in [1.54, 1.807) is 24.7 Å². The largest absolute Gasteiger partial charge is 0.487 e. The van der Waals surface area contributed by atoms with Crippen molar-refractivity contribution in [3.05, 3.63) is 77.0 Å². The van der Waals surface area contributed by atoms with E-state index >= 15 is 0 Å². The van der Waals surface area contributed by atoms with Gasteiger partial charge in [-0.15, -0.1) is 0 Å². The monoisotopic (exact) mass is 448 g/mol. The highest BCUT2D eigenvalue weighted by atomic mass is 35.5. The lowest BCUT2D eigenvalue weighted by atomic mass is 10.1. The number of rotatable bonds is 6. The zero-order valence-electron chi connectivity index (χ0n) is 17.9. The number of fused-ring (bicyclic) bond motifs is 1. The highest BCUT2D eigenvalue weighted by Crippen LogP contribution is 2.33. The summed E-state index contributed by atoms with van der Waals surface area (Å²) in [5, 5.41) is 1.38. The molecular weight excluding hydrogens is 428 g/mol. The summed E-state index contributed by atoms with van der Waals surface area (Å²) in [7, 11) is 3.28. The average molecular weight is 449 g/mol. The second-order valence-electron chi connectivity index (χ2n) is 7.16. The van der Waals surface area contributed by atoms with E-state index in [4.69, 9.17) is 21.3 Å². The van der Waals surface area contributed by atoms with Crippen molar-refractivity contribution in [2.24, 2.45) is 7.05 Å². The third-order valence-electron chi connectivity index (χ3n) is 5.00. The molecule has 7 nitrogen and oxygen atoms in total. The lowest BCUT2D eigenvalue weighted by molar-refractivity contribution is -0.134. The van der Waals surface area contributed by atoms with Crippen LogP contribution in [-0.4, -0.2) is 32.6 Å². The first-order valence-electron chi connectivity index (χ1n) is 9.87. The third-order valence-corrected chi connectivity index (χ3v) is 5.33. The first-order chi connectivity index (χ1) is 15.5. The van der Waals surface area contributed by atoms with Crippen LogP contribution in [0.2, 0.25) is 5.02 Å². The third kappa shape index (κ3) is 4.33. The molecule has 0 bridgehead atoms. The lowest BCUT2D eigenvalue weighted by Crippen LogP contribution is -2.02. The number of pyridine rings is 2. The number of ether oxygens (including phenoxy) is 2. The van der Waals surface area contributed by atoms with E-state index in [1.165, 1.54) is 13.2 Å². The van der Waals surface area contributed by atoms with Crippen molar-refractivity contribution in [1.82, 2.24) is 19.5 Å². The molecule has 3 aromatic heterocycles. The molecule has 0 radical (unpaired) electrons. The van der Waals surface area contributed by atoms with Crippen LogP contribution in [0, 0.1) is 6.92 Å². The number of benzene rings is 1. The van der Waals surface area contributed by atoms with Gasteiger partial charge < -0.3 is 14.0 Å². The molecule has 0 spiro atoms. The van der Waals surface area contributed by atoms with E-state index in [0.717, 1.165) is 28.0 Å². The normalized spacial score (nSPS) is 11.2. The summed E-state index contributed by atoms with van der Waals surface area (Å²) in [6, 6.07) is 7.82. The van der Waals surface area contributed by atoms with Crippen molar-refractivity contribution in [2.45, 2.75) is 13.5 Å². The molecule has 4 rings (SSSR count). The van der Waals surface area contributed by atoms with Gasteiger partial charge in [0, 0.05) is 65.7 Å². The highest BCUT2D eigenvalue weighted by Gasteiger charge is 2.15. The number of carbonyl (C=O) groups is 1. The average Bonchev–Trinajstić information content (AvgIpc) is 3.22. The van der Waals surface area contributed by atoms with Gasteiger partial charge in [-0.2, -0.15) is 0 Å². The fourth-order valence-electron chi connectivity index (χ4n) is 3.43. The first kappa shape index (κ1) is 21.5. The smallest absolute Gasteiger partial charge is 0.330 e. The van der Waals surface area contributed by atoms with E-state index < -0.39 is 5.97 Å². The molecule has 0 saturated carbocycles. The van der Waals surface area contributed by atoms with Gasteiger partial charge in [0.15, 0.2) is 0 Å². The Bertz CT molecular complexity index is 1330. The van der Waals surface area contributed by atoms with Crippen LogP contribution in [0.25, 0.3) is 28.4 Å². The predicted molar refractivity (Wildman–Crippen MR) is 123 cm³/mol. The first-order valence-corrected chi connectivity index (χ1v) is 10.2. The van der Waals surface area contributed by atoms with Crippen LogP contribution >= 0.6 is 11.6 Å². The molecule has 1 aromatic carbocycles. The molecule has 0 fully saturated rings. The fourth-order valence-corrected chi connectivity index (χ4v) is 3.65. The summed E-state index contributed by atoms with van der Waals surface area (Å²) in [6.45, 7) is 2.12. The molecular formula is C24H21ClN4O3. The van der Waals surface area contributed by atoms with Gasteiger partial charge in [0.25, 0.3) is 0 Å². The predicted octanol–water partition coefficient (Wildman–Crippen LogP) is 4.76. The molecule has 0 aliphatic rings. The number of hydrogen-bond acceptors (Lipinski definition) is 6. The van der Waals surface area contributed by atoms with Crippen molar-refractivity contribution < 1.29 is 14.3 Å². The van der Waals surface area contributed by atoms with Gasteiger partial charge in [-0.05, 0) is 25.1 Å². The topological polar surface area (TPSA) is 79.1 Å². The van der Waals surface area contributed by atoms with Crippen LogP contribution in [0.3, 0.4) is 0 Å². The Morgan fingerprint density at radius 1 is 1.28 bits per heavy atom. The van der Waals surface area contributed by atoms with Crippen LogP contribution in [0.5, 0.6) is 5.75 Å². The minimum Gasteiger partial charge on any atom is -0.487 e. The van der Waals surface area contributed by atoms with Gasteiger partial charge in [0.05, 0.1) is 12.1 Å². The van der Waals surface area contributed by atoms with Crippen molar-refractivity contribution in [1.29, 1.82) is 0 Å². The van der Waals surface area contributed by atoms with Crippen LogP contribution in [0.15, 0.2) is 55.1 Å². The van der Waals surface area contributed by atoms with Crippen molar-refractivity contribution >= 4 is 34.5 Å². The van der Waals surface area contributed by atoms with Crippen molar-refractivity contribution in [2.75, 3.05) is 7.11 Å². The molecule has 162 valence electrons. The summed E-state index contributed by atoms with van der Waals surface area (Å²) in [6.07, 6.45) is 9.76. The zero-order valence-corrected chi connectivity index (χ0v) is 18.6. The fraction of sp³-hybridized carbons (Fsp3) is 0.167.